The van der Waals surface area contributed by atoms with Crippen molar-refractivity contribution in [3.63, 3.8) is 0 Å². The molecular formula is C12H16O3. The average Bonchev–Trinajstić information content (AvgIpc) is 2.14. The highest BCUT2D eigenvalue weighted by molar-refractivity contribution is 5.74. The van der Waals surface area contributed by atoms with E-state index in [0.717, 1.165) is 5.56 Å². The Morgan fingerprint density at radius 3 is 2.33 bits per heavy atom. The van der Waals surface area contributed by atoms with Crippen LogP contribution in [0.4, 0.5) is 0 Å². The van der Waals surface area contributed by atoms with Gasteiger partial charge in [-0.15, -0.1) is 0 Å². The summed E-state index contributed by atoms with van der Waals surface area (Å²) in [6, 6.07) is 7.37. The molecular weight excluding hydrogens is 192 g/mol. The first kappa shape index (κ1) is 11.6. The van der Waals surface area contributed by atoms with Gasteiger partial charge in [0.1, 0.15) is 0 Å². The van der Waals surface area contributed by atoms with Gasteiger partial charge in [-0.2, -0.15) is 0 Å². The van der Waals surface area contributed by atoms with Crippen molar-refractivity contribution in [3.05, 3.63) is 29.8 Å². The maximum atomic E-state index is 11.4. The molecule has 0 aliphatic heterocycles. The first-order valence-electron chi connectivity index (χ1n) is 4.86. The zero-order valence-electron chi connectivity index (χ0n) is 9.53. The van der Waals surface area contributed by atoms with Crippen molar-refractivity contribution in [2.45, 2.75) is 27.7 Å². The molecule has 3 heteroatoms. The van der Waals surface area contributed by atoms with Crippen LogP contribution in [0.25, 0.3) is 0 Å². The molecule has 0 heterocycles. The number of carbonyl (C=O) groups excluding carboxylic acids is 1. The van der Waals surface area contributed by atoms with E-state index in [4.69, 9.17) is 9.78 Å². The van der Waals surface area contributed by atoms with Crippen LogP contribution in [0.15, 0.2) is 24.3 Å². The molecule has 0 spiro atoms. The number of carbonyl (C=O) groups is 1. The van der Waals surface area contributed by atoms with Crippen molar-refractivity contribution in [2.75, 3.05) is 0 Å². The lowest BCUT2D eigenvalue weighted by molar-refractivity contribution is -0.223. The van der Waals surface area contributed by atoms with Gasteiger partial charge in [-0.25, -0.2) is 9.68 Å². The molecule has 3 nitrogen and oxygen atoms in total. The van der Waals surface area contributed by atoms with Gasteiger partial charge in [-0.3, -0.25) is 4.89 Å². The minimum atomic E-state index is -0.553. The van der Waals surface area contributed by atoms with E-state index in [-0.39, 0.29) is 5.97 Å². The maximum Gasteiger partial charge on any atom is 0.360 e. The zero-order valence-corrected chi connectivity index (χ0v) is 9.53. The van der Waals surface area contributed by atoms with E-state index in [0.29, 0.717) is 5.75 Å². The van der Waals surface area contributed by atoms with Gasteiger partial charge in [0.2, 0.25) is 0 Å². The van der Waals surface area contributed by atoms with Crippen molar-refractivity contribution >= 4 is 5.97 Å². The van der Waals surface area contributed by atoms with Gasteiger partial charge < -0.3 is 0 Å². The lowest BCUT2D eigenvalue weighted by Gasteiger charge is -2.15. The summed E-state index contributed by atoms with van der Waals surface area (Å²) in [4.78, 5) is 21.1. The lowest BCUT2D eigenvalue weighted by atomic mass is 9.98. The van der Waals surface area contributed by atoms with Crippen molar-refractivity contribution in [1.82, 2.24) is 0 Å². The summed E-state index contributed by atoms with van der Waals surface area (Å²) in [6.45, 7) is 7.21. The molecule has 0 aromatic heterocycles. The molecule has 0 unspecified atom stereocenters. The summed E-state index contributed by atoms with van der Waals surface area (Å²) < 4.78 is 0. The Morgan fingerprint density at radius 2 is 1.80 bits per heavy atom. The number of aryl methyl sites for hydroxylation is 1. The Bertz CT molecular complexity index is 350. The van der Waals surface area contributed by atoms with E-state index in [9.17, 15) is 4.79 Å². The second kappa shape index (κ2) is 4.34. The third-order valence-electron chi connectivity index (χ3n) is 1.91. The Morgan fingerprint density at radius 1 is 1.20 bits per heavy atom. The molecule has 0 N–H and O–H groups in total. The maximum absolute atomic E-state index is 11.4. The number of rotatable bonds is 2. The monoisotopic (exact) mass is 208 g/mol. The zero-order chi connectivity index (χ0) is 11.5. The van der Waals surface area contributed by atoms with Crippen LogP contribution in [-0.4, -0.2) is 5.97 Å². The van der Waals surface area contributed by atoms with Crippen molar-refractivity contribution in [3.8, 4) is 5.75 Å². The highest BCUT2D eigenvalue weighted by Gasteiger charge is 2.25. The third-order valence-corrected chi connectivity index (χ3v) is 1.91. The quantitative estimate of drug-likeness (QED) is 0.553. The molecule has 1 aromatic carbocycles. The van der Waals surface area contributed by atoms with Crippen LogP contribution in [0.2, 0.25) is 0 Å². The van der Waals surface area contributed by atoms with E-state index < -0.39 is 5.41 Å². The standard InChI is InChI=1S/C12H16O3/c1-9-7-5-6-8-10(9)14-15-11(13)12(2,3)4/h5-8H,1-4H3. The topological polar surface area (TPSA) is 35.5 Å². The van der Waals surface area contributed by atoms with Crippen LogP contribution in [0.3, 0.4) is 0 Å². The molecule has 0 atom stereocenters. The highest BCUT2D eigenvalue weighted by atomic mass is 17.2. The van der Waals surface area contributed by atoms with Crippen LogP contribution < -0.4 is 4.89 Å². The number of para-hydroxylation sites is 1. The van der Waals surface area contributed by atoms with Crippen LogP contribution >= 0.6 is 0 Å². The summed E-state index contributed by atoms with van der Waals surface area (Å²) in [5.41, 5.74) is 0.377. The molecule has 1 rings (SSSR count). The molecule has 0 fully saturated rings. The Hall–Kier alpha value is -1.51. The fourth-order valence-corrected chi connectivity index (χ4v) is 0.858. The minimum absolute atomic E-state index is 0.384. The second-order valence-electron chi connectivity index (χ2n) is 4.47. The smallest absolute Gasteiger partial charge is 0.287 e. The van der Waals surface area contributed by atoms with Crippen LogP contribution in [0, 0.1) is 12.3 Å². The van der Waals surface area contributed by atoms with Gasteiger partial charge in [0.15, 0.2) is 5.75 Å². The van der Waals surface area contributed by atoms with E-state index >= 15 is 0 Å². The predicted molar refractivity (Wildman–Crippen MR) is 57.4 cm³/mol. The van der Waals surface area contributed by atoms with Gasteiger partial charge in [0.05, 0.1) is 5.41 Å². The third kappa shape index (κ3) is 3.27. The van der Waals surface area contributed by atoms with Crippen molar-refractivity contribution in [1.29, 1.82) is 0 Å². The van der Waals surface area contributed by atoms with Crippen LogP contribution in [0.1, 0.15) is 26.3 Å². The molecule has 0 aliphatic carbocycles. The molecule has 1 aromatic rings. The molecule has 0 saturated carbocycles. The molecule has 15 heavy (non-hydrogen) atoms. The van der Waals surface area contributed by atoms with E-state index in [1.807, 2.05) is 25.1 Å². The summed E-state index contributed by atoms with van der Waals surface area (Å²) >= 11 is 0. The Labute approximate surface area is 89.9 Å². The molecule has 0 saturated heterocycles. The van der Waals surface area contributed by atoms with Gasteiger partial charge in [-0.1, -0.05) is 18.2 Å². The van der Waals surface area contributed by atoms with Crippen LogP contribution in [0.5, 0.6) is 5.75 Å². The first-order chi connectivity index (χ1) is 6.91. The minimum Gasteiger partial charge on any atom is -0.287 e. The summed E-state index contributed by atoms with van der Waals surface area (Å²) in [7, 11) is 0. The normalized spacial score (nSPS) is 10.9. The van der Waals surface area contributed by atoms with Gasteiger partial charge in [0, 0.05) is 0 Å². The van der Waals surface area contributed by atoms with E-state index in [2.05, 4.69) is 0 Å². The molecule has 0 amide bonds. The molecule has 82 valence electrons. The second-order valence-corrected chi connectivity index (χ2v) is 4.47. The van der Waals surface area contributed by atoms with Gasteiger partial charge >= 0.3 is 5.97 Å². The Kier molecular flexibility index (Phi) is 3.35. The largest absolute Gasteiger partial charge is 0.360 e. The van der Waals surface area contributed by atoms with Crippen molar-refractivity contribution < 1.29 is 14.6 Å². The molecule has 0 aliphatic rings. The Balaban J connectivity index is 2.59. The number of benzene rings is 1. The fraction of sp³-hybridized carbons (Fsp3) is 0.417. The number of hydrogen-bond acceptors (Lipinski definition) is 3. The highest BCUT2D eigenvalue weighted by Crippen LogP contribution is 2.19. The van der Waals surface area contributed by atoms with Gasteiger partial charge in [-0.05, 0) is 39.3 Å². The van der Waals surface area contributed by atoms with Gasteiger partial charge in [0.25, 0.3) is 0 Å². The van der Waals surface area contributed by atoms with E-state index in [1.54, 1.807) is 26.8 Å². The lowest BCUT2D eigenvalue weighted by Crippen LogP contribution is -2.24. The van der Waals surface area contributed by atoms with E-state index in [1.165, 1.54) is 0 Å². The number of hydrogen-bond donors (Lipinski definition) is 0. The summed E-state index contributed by atoms with van der Waals surface area (Å²) in [6.07, 6.45) is 0. The first-order valence-corrected chi connectivity index (χ1v) is 4.86. The fourth-order valence-electron chi connectivity index (χ4n) is 0.858. The summed E-state index contributed by atoms with van der Waals surface area (Å²) in [5.74, 6) is 0.181. The van der Waals surface area contributed by atoms with Crippen molar-refractivity contribution in [2.24, 2.45) is 5.41 Å². The SMILES string of the molecule is Cc1ccccc1OOC(=O)C(C)(C)C. The summed E-state index contributed by atoms with van der Waals surface area (Å²) in [5, 5.41) is 0. The average molecular weight is 208 g/mol. The predicted octanol–water partition coefficient (Wildman–Crippen LogP) is 2.88. The molecule has 0 bridgehead atoms. The van der Waals surface area contributed by atoms with Crippen LogP contribution in [-0.2, 0) is 9.68 Å². The molecule has 0 radical (unpaired) electrons.